The Labute approximate surface area is 76.8 Å². The van der Waals surface area contributed by atoms with Crippen molar-refractivity contribution in [3.63, 3.8) is 0 Å². The quantitative estimate of drug-likeness (QED) is 0.715. The molecule has 0 aromatic carbocycles. The standard InChI is InChI=1S/C9H14N2S/c1-6-11-8-4-7(5-10)2-3-9(8)12-6/h7H,2-5,10H2,1H3. The molecule has 1 aliphatic rings. The number of hydrogen-bond donors (Lipinski definition) is 1. The maximum Gasteiger partial charge on any atom is 0.0900 e. The molecule has 1 aromatic heterocycles. The van der Waals surface area contributed by atoms with E-state index in [9.17, 15) is 0 Å². The van der Waals surface area contributed by atoms with Crippen LogP contribution >= 0.6 is 11.3 Å². The Bertz CT molecular complexity index is 280. The Morgan fingerprint density at radius 2 is 2.50 bits per heavy atom. The van der Waals surface area contributed by atoms with E-state index in [-0.39, 0.29) is 0 Å². The zero-order valence-electron chi connectivity index (χ0n) is 7.34. The number of aryl methyl sites for hydroxylation is 2. The fourth-order valence-electron chi connectivity index (χ4n) is 1.78. The van der Waals surface area contributed by atoms with Crippen LogP contribution in [0.1, 0.15) is 22.0 Å². The van der Waals surface area contributed by atoms with Crippen LogP contribution in [0.5, 0.6) is 0 Å². The van der Waals surface area contributed by atoms with Crippen molar-refractivity contribution in [2.75, 3.05) is 6.54 Å². The summed E-state index contributed by atoms with van der Waals surface area (Å²) in [6.45, 7) is 2.90. The lowest BCUT2D eigenvalue weighted by molar-refractivity contribution is 0.466. The predicted molar refractivity (Wildman–Crippen MR) is 51.4 cm³/mol. The van der Waals surface area contributed by atoms with Gasteiger partial charge in [-0.05, 0) is 38.6 Å². The van der Waals surface area contributed by atoms with E-state index in [1.165, 1.54) is 28.4 Å². The first-order valence-corrected chi connectivity index (χ1v) is 5.26. The minimum absolute atomic E-state index is 0.680. The summed E-state index contributed by atoms with van der Waals surface area (Å²) < 4.78 is 0. The minimum atomic E-state index is 0.680. The van der Waals surface area contributed by atoms with Crippen LogP contribution in [0.15, 0.2) is 0 Å². The van der Waals surface area contributed by atoms with Crippen LogP contribution in [0.2, 0.25) is 0 Å². The summed E-state index contributed by atoms with van der Waals surface area (Å²) in [5.41, 5.74) is 6.96. The van der Waals surface area contributed by atoms with Crippen molar-refractivity contribution in [3.8, 4) is 0 Å². The molecule has 2 rings (SSSR count). The van der Waals surface area contributed by atoms with Crippen molar-refractivity contribution in [1.82, 2.24) is 4.98 Å². The molecule has 3 heteroatoms. The van der Waals surface area contributed by atoms with Gasteiger partial charge in [0.05, 0.1) is 10.7 Å². The lowest BCUT2D eigenvalue weighted by Crippen LogP contribution is -2.21. The molecule has 66 valence electrons. The van der Waals surface area contributed by atoms with Gasteiger partial charge < -0.3 is 5.73 Å². The van der Waals surface area contributed by atoms with Crippen LogP contribution < -0.4 is 5.73 Å². The molecule has 1 unspecified atom stereocenters. The van der Waals surface area contributed by atoms with E-state index >= 15 is 0 Å². The summed E-state index contributed by atoms with van der Waals surface area (Å²) in [6, 6.07) is 0. The van der Waals surface area contributed by atoms with E-state index < -0.39 is 0 Å². The highest BCUT2D eigenvalue weighted by atomic mass is 32.1. The van der Waals surface area contributed by atoms with Crippen molar-refractivity contribution in [2.24, 2.45) is 11.7 Å². The number of hydrogen-bond acceptors (Lipinski definition) is 3. The predicted octanol–water partition coefficient (Wildman–Crippen LogP) is 1.52. The third-order valence-electron chi connectivity index (χ3n) is 2.48. The highest BCUT2D eigenvalue weighted by Crippen LogP contribution is 2.28. The molecule has 1 aromatic rings. The van der Waals surface area contributed by atoms with Gasteiger partial charge >= 0.3 is 0 Å². The molecule has 0 saturated heterocycles. The largest absolute Gasteiger partial charge is 0.330 e. The van der Waals surface area contributed by atoms with E-state index in [0.29, 0.717) is 5.92 Å². The molecule has 2 nitrogen and oxygen atoms in total. The highest BCUT2D eigenvalue weighted by molar-refractivity contribution is 7.11. The van der Waals surface area contributed by atoms with Crippen molar-refractivity contribution < 1.29 is 0 Å². The normalized spacial score (nSPS) is 22.3. The average molecular weight is 182 g/mol. The smallest absolute Gasteiger partial charge is 0.0900 e. The third kappa shape index (κ3) is 1.39. The Balaban J connectivity index is 2.22. The van der Waals surface area contributed by atoms with Gasteiger partial charge in [-0.15, -0.1) is 11.3 Å². The highest BCUT2D eigenvalue weighted by Gasteiger charge is 2.20. The van der Waals surface area contributed by atoms with Crippen LogP contribution in [0.3, 0.4) is 0 Å². The van der Waals surface area contributed by atoms with Gasteiger partial charge in [0.15, 0.2) is 0 Å². The SMILES string of the molecule is Cc1nc2c(s1)CCC(CN)C2. The molecule has 0 amide bonds. The van der Waals surface area contributed by atoms with Gasteiger partial charge in [-0.25, -0.2) is 4.98 Å². The molecule has 1 atom stereocenters. The molecular formula is C9H14N2S. The summed E-state index contributed by atoms with van der Waals surface area (Å²) in [6.07, 6.45) is 3.56. The van der Waals surface area contributed by atoms with Crippen molar-refractivity contribution in [3.05, 3.63) is 15.6 Å². The van der Waals surface area contributed by atoms with Crippen LogP contribution in [0, 0.1) is 12.8 Å². The molecule has 1 aliphatic carbocycles. The second-order valence-electron chi connectivity index (χ2n) is 3.45. The van der Waals surface area contributed by atoms with Gasteiger partial charge in [0.2, 0.25) is 0 Å². The minimum Gasteiger partial charge on any atom is -0.330 e. The molecule has 0 saturated carbocycles. The van der Waals surface area contributed by atoms with Crippen LogP contribution in [-0.2, 0) is 12.8 Å². The van der Waals surface area contributed by atoms with Gasteiger partial charge in [0.25, 0.3) is 0 Å². The van der Waals surface area contributed by atoms with Crippen molar-refractivity contribution in [2.45, 2.75) is 26.2 Å². The van der Waals surface area contributed by atoms with Crippen LogP contribution in [0.25, 0.3) is 0 Å². The monoisotopic (exact) mass is 182 g/mol. The lowest BCUT2D eigenvalue weighted by Gasteiger charge is -2.18. The second kappa shape index (κ2) is 3.15. The Kier molecular flexibility index (Phi) is 2.15. The Hall–Kier alpha value is -0.410. The Morgan fingerprint density at radius 1 is 1.67 bits per heavy atom. The van der Waals surface area contributed by atoms with Gasteiger partial charge in [-0.1, -0.05) is 0 Å². The van der Waals surface area contributed by atoms with Gasteiger partial charge in [0.1, 0.15) is 0 Å². The van der Waals surface area contributed by atoms with Gasteiger partial charge in [-0.3, -0.25) is 0 Å². The summed E-state index contributed by atoms with van der Waals surface area (Å²) in [5, 5.41) is 1.21. The van der Waals surface area contributed by atoms with Crippen molar-refractivity contribution >= 4 is 11.3 Å². The van der Waals surface area contributed by atoms with E-state index in [2.05, 4.69) is 11.9 Å². The topological polar surface area (TPSA) is 38.9 Å². The van der Waals surface area contributed by atoms with E-state index in [1.807, 2.05) is 11.3 Å². The number of thiazole rings is 1. The zero-order valence-corrected chi connectivity index (χ0v) is 8.16. The van der Waals surface area contributed by atoms with Crippen molar-refractivity contribution in [1.29, 1.82) is 0 Å². The molecule has 1 heterocycles. The van der Waals surface area contributed by atoms with E-state index in [4.69, 9.17) is 5.73 Å². The first kappa shape index (κ1) is 8.20. The number of aromatic nitrogens is 1. The molecule has 2 N–H and O–H groups in total. The van der Waals surface area contributed by atoms with Gasteiger partial charge in [0, 0.05) is 4.88 Å². The maximum atomic E-state index is 5.64. The van der Waals surface area contributed by atoms with Crippen LogP contribution in [0.4, 0.5) is 0 Å². The average Bonchev–Trinajstić information content (AvgIpc) is 2.43. The fraction of sp³-hybridized carbons (Fsp3) is 0.667. The number of rotatable bonds is 1. The van der Waals surface area contributed by atoms with E-state index in [0.717, 1.165) is 13.0 Å². The molecular weight excluding hydrogens is 168 g/mol. The molecule has 0 fully saturated rings. The summed E-state index contributed by atoms with van der Waals surface area (Å²) >= 11 is 1.85. The number of nitrogens with two attached hydrogens (primary N) is 1. The zero-order chi connectivity index (χ0) is 8.55. The molecule has 0 radical (unpaired) electrons. The summed E-state index contributed by atoms with van der Waals surface area (Å²) in [4.78, 5) is 6.01. The third-order valence-corrected chi connectivity index (χ3v) is 3.55. The van der Waals surface area contributed by atoms with Gasteiger partial charge in [-0.2, -0.15) is 0 Å². The number of fused-ring (bicyclic) bond motifs is 1. The second-order valence-corrected chi connectivity index (χ2v) is 4.74. The summed E-state index contributed by atoms with van der Waals surface area (Å²) in [7, 11) is 0. The first-order valence-electron chi connectivity index (χ1n) is 4.45. The Morgan fingerprint density at radius 3 is 3.25 bits per heavy atom. The molecule has 0 bridgehead atoms. The lowest BCUT2D eigenvalue weighted by atomic mass is 9.91. The maximum absolute atomic E-state index is 5.64. The van der Waals surface area contributed by atoms with Crippen LogP contribution in [-0.4, -0.2) is 11.5 Å². The van der Waals surface area contributed by atoms with E-state index in [1.54, 1.807) is 0 Å². The summed E-state index contributed by atoms with van der Waals surface area (Å²) in [5.74, 6) is 0.680. The molecule has 0 aliphatic heterocycles. The first-order chi connectivity index (χ1) is 5.79. The fourth-order valence-corrected chi connectivity index (χ4v) is 2.76. The molecule has 0 spiro atoms. The molecule has 12 heavy (non-hydrogen) atoms. The number of nitrogens with zero attached hydrogens (tertiary/aromatic N) is 1.